The molecular weight excluding hydrogens is 480 g/mol. The number of carbonyl (C=O) groups excluding carboxylic acids is 1. The van der Waals surface area contributed by atoms with Crippen molar-refractivity contribution < 1.29 is 9.53 Å². The monoisotopic (exact) mass is 500 g/mol. The molecule has 33 heavy (non-hydrogen) atoms. The number of aromatic nitrogens is 2. The third kappa shape index (κ3) is 4.27. The third-order valence-electron chi connectivity index (χ3n) is 5.53. The molecule has 1 aliphatic heterocycles. The van der Waals surface area contributed by atoms with Crippen LogP contribution < -0.4 is 15.4 Å². The smallest absolute Gasteiger partial charge is 0.261 e. The summed E-state index contributed by atoms with van der Waals surface area (Å²) in [4.78, 5) is 13.1. The standard InChI is InChI=1S/C26H21BrN4O2/c1-33-21-13-9-18(10-14-21)24-15-23(17-7-11-19(27)12-8-17)30-25-22(16-28-31(24)25)26(32)29-20-5-3-2-4-6-20/h2-16,24,30H,1H3,(H,29,32). The number of para-hydroxylation sites is 1. The number of hydrogen-bond donors (Lipinski definition) is 2. The second-order valence-corrected chi connectivity index (χ2v) is 8.52. The van der Waals surface area contributed by atoms with Gasteiger partial charge in [-0.3, -0.25) is 4.79 Å². The molecule has 0 spiro atoms. The van der Waals surface area contributed by atoms with Crippen LogP contribution in [0.5, 0.6) is 5.75 Å². The Hall–Kier alpha value is -3.84. The highest BCUT2D eigenvalue weighted by atomic mass is 79.9. The fraction of sp³-hybridized carbons (Fsp3) is 0.0769. The SMILES string of the molecule is COc1ccc(C2C=C(c3ccc(Br)cc3)Nc3c(C(=O)Nc4ccccc4)cnn32)cc1. The number of benzene rings is 3. The quantitative estimate of drug-likeness (QED) is 0.354. The molecule has 0 aliphatic carbocycles. The van der Waals surface area contributed by atoms with Crippen LogP contribution in [0.4, 0.5) is 11.5 Å². The van der Waals surface area contributed by atoms with Gasteiger partial charge < -0.3 is 15.4 Å². The molecule has 7 heteroatoms. The number of allylic oxidation sites excluding steroid dienone is 1. The van der Waals surface area contributed by atoms with Crippen molar-refractivity contribution in [2.75, 3.05) is 17.7 Å². The summed E-state index contributed by atoms with van der Waals surface area (Å²) in [5, 5.41) is 11.0. The number of fused-ring (bicyclic) bond motifs is 1. The van der Waals surface area contributed by atoms with Gasteiger partial charge in [-0.25, -0.2) is 4.68 Å². The minimum atomic E-state index is -0.222. The Balaban J connectivity index is 1.56. The second kappa shape index (κ2) is 8.96. The van der Waals surface area contributed by atoms with Gasteiger partial charge in [-0.1, -0.05) is 58.4 Å². The van der Waals surface area contributed by atoms with E-state index in [-0.39, 0.29) is 11.9 Å². The Morgan fingerprint density at radius 1 is 1.03 bits per heavy atom. The predicted octanol–water partition coefficient (Wildman–Crippen LogP) is 5.96. The first kappa shape index (κ1) is 21.0. The van der Waals surface area contributed by atoms with Crippen LogP contribution in [0.2, 0.25) is 0 Å². The Labute approximate surface area is 200 Å². The Morgan fingerprint density at radius 2 is 1.76 bits per heavy atom. The zero-order chi connectivity index (χ0) is 22.8. The van der Waals surface area contributed by atoms with Crippen LogP contribution in [0.3, 0.4) is 0 Å². The molecule has 6 nitrogen and oxygen atoms in total. The number of carbonyl (C=O) groups is 1. The highest BCUT2D eigenvalue weighted by molar-refractivity contribution is 9.10. The number of hydrogen-bond acceptors (Lipinski definition) is 4. The molecule has 2 heterocycles. The molecule has 1 unspecified atom stereocenters. The van der Waals surface area contributed by atoms with Gasteiger partial charge in [0.1, 0.15) is 17.1 Å². The van der Waals surface area contributed by atoms with Crippen molar-refractivity contribution >= 4 is 39.0 Å². The van der Waals surface area contributed by atoms with Crippen molar-refractivity contribution in [1.82, 2.24) is 9.78 Å². The van der Waals surface area contributed by atoms with Crippen LogP contribution in [0.25, 0.3) is 5.70 Å². The van der Waals surface area contributed by atoms with Crippen molar-refractivity contribution in [3.05, 3.63) is 112 Å². The number of ether oxygens (including phenoxy) is 1. The topological polar surface area (TPSA) is 68.2 Å². The first-order valence-electron chi connectivity index (χ1n) is 10.4. The Bertz CT molecular complexity index is 1310. The van der Waals surface area contributed by atoms with E-state index in [4.69, 9.17) is 4.74 Å². The maximum Gasteiger partial charge on any atom is 0.261 e. The van der Waals surface area contributed by atoms with E-state index in [2.05, 4.69) is 37.7 Å². The van der Waals surface area contributed by atoms with Gasteiger partial charge in [0.15, 0.2) is 0 Å². The highest BCUT2D eigenvalue weighted by Crippen LogP contribution is 2.36. The predicted molar refractivity (Wildman–Crippen MR) is 133 cm³/mol. The summed E-state index contributed by atoms with van der Waals surface area (Å²) in [7, 11) is 1.65. The van der Waals surface area contributed by atoms with Gasteiger partial charge in [-0.15, -0.1) is 0 Å². The number of nitrogens with zero attached hydrogens (tertiary/aromatic N) is 2. The van der Waals surface area contributed by atoms with E-state index in [0.717, 1.165) is 32.7 Å². The fourth-order valence-electron chi connectivity index (χ4n) is 3.82. The normalized spacial score (nSPS) is 14.6. The number of halogens is 1. The van der Waals surface area contributed by atoms with Gasteiger partial charge >= 0.3 is 0 Å². The van der Waals surface area contributed by atoms with E-state index in [9.17, 15) is 4.79 Å². The molecule has 1 amide bonds. The molecular formula is C26H21BrN4O2. The molecule has 1 aliphatic rings. The van der Waals surface area contributed by atoms with Crippen LogP contribution in [0.1, 0.15) is 27.5 Å². The largest absolute Gasteiger partial charge is 0.497 e. The van der Waals surface area contributed by atoms with Gasteiger partial charge in [0.2, 0.25) is 0 Å². The lowest BCUT2D eigenvalue weighted by Crippen LogP contribution is -2.22. The first-order valence-corrected chi connectivity index (χ1v) is 11.2. The van der Waals surface area contributed by atoms with Crippen LogP contribution in [0, 0.1) is 0 Å². The van der Waals surface area contributed by atoms with E-state index in [1.165, 1.54) is 0 Å². The van der Waals surface area contributed by atoms with Crippen LogP contribution >= 0.6 is 15.9 Å². The summed E-state index contributed by atoms with van der Waals surface area (Å²) < 4.78 is 8.15. The molecule has 5 rings (SSSR count). The van der Waals surface area contributed by atoms with Crippen LogP contribution in [-0.2, 0) is 0 Å². The lowest BCUT2D eigenvalue weighted by molar-refractivity contribution is 0.102. The van der Waals surface area contributed by atoms with Crippen LogP contribution in [0.15, 0.2) is 95.6 Å². The number of nitrogens with one attached hydrogen (secondary N) is 2. The zero-order valence-corrected chi connectivity index (χ0v) is 19.4. The zero-order valence-electron chi connectivity index (χ0n) is 17.8. The van der Waals surface area contributed by atoms with Crippen LogP contribution in [-0.4, -0.2) is 22.8 Å². The van der Waals surface area contributed by atoms with Gasteiger partial charge in [0.25, 0.3) is 5.91 Å². The average molecular weight is 501 g/mol. The number of amides is 1. The van der Waals surface area contributed by atoms with E-state index >= 15 is 0 Å². The van der Waals surface area contributed by atoms with Crippen molar-refractivity contribution in [3.63, 3.8) is 0 Å². The van der Waals surface area contributed by atoms with Crippen molar-refractivity contribution in [2.24, 2.45) is 0 Å². The third-order valence-corrected chi connectivity index (χ3v) is 6.05. The summed E-state index contributed by atoms with van der Waals surface area (Å²) in [6, 6.07) is 25.1. The van der Waals surface area contributed by atoms with Crippen molar-refractivity contribution in [3.8, 4) is 5.75 Å². The van der Waals surface area contributed by atoms with E-state index < -0.39 is 0 Å². The van der Waals surface area contributed by atoms with E-state index in [1.54, 1.807) is 13.3 Å². The molecule has 1 atom stereocenters. The minimum Gasteiger partial charge on any atom is -0.497 e. The summed E-state index contributed by atoms with van der Waals surface area (Å²) in [5.41, 5.74) is 4.16. The molecule has 3 aromatic carbocycles. The van der Waals surface area contributed by atoms with Crippen molar-refractivity contribution in [1.29, 1.82) is 0 Å². The molecule has 4 aromatic rings. The number of rotatable bonds is 5. The van der Waals surface area contributed by atoms with Gasteiger partial charge in [-0.2, -0.15) is 5.10 Å². The lowest BCUT2D eigenvalue weighted by Gasteiger charge is -2.26. The lowest BCUT2D eigenvalue weighted by atomic mass is 10.0. The average Bonchev–Trinajstić information content (AvgIpc) is 3.29. The summed E-state index contributed by atoms with van der Waals surface area (Å²) in [6.45, 7) is 0. The van der Waals surface area contributed by atoms with Crippen molar-refractivity contribution in [2.45, 2.75) is 6.04 Å². The molecule has 0 fully saturated rings. The fourth-order valence-corrected chi connectivity index (χ4v) is 4.08. The molecule has 164 valence electrons. The number of anilines is 2. The first-order chi connectivity index (χ1) is 16.1. The van der Waals surface area contributed by atoms with Gasteiger partial charge in [0, 0.05) is 15.9 Å². The molecule has 0 radical (unpaired) electrons. The molecule has 2 N–H and O–H groups in total. The number of methoxy groups -OCH3 is 1. The molecule has 0 bridgehead atoms. The van der Waals surface area contributed by atoms with E-state index in [0.29, 0.717) is 11.4 Å². The molecule has 1 aromatic heterocycles. The summed E-state index contributed by atoms with van der Waals surface area (Å²) >= 11 is 3.49. The summed E-state index contributed by atoms with van der Waals surface area (Å²) in [5.74, 6) is 1.21. The maximum absolute atomic E-state index is 13.1. The minimum absolute atomic E-state index is 0.191. The highest BCUT2D eigenvalue weighted by Gasteiger charge is 2.28. The summed E-state index contributed by atoms with van der Waals surface area (Å²) in [6.07, 6.45) is 3.72. The Morgan fingerprint density at radius 3 is 2.45 bits per heavy atom. The van der Waals surface area contributed by atoms with Gasteiger partial charge in [-0.05, 0) is 53.6 Å². The molecule has 0 saturated carbocycles. The molecule has 0 saturated heterocycles. The van der Waals surface area contributed by atoms with Gasteiger partial charge in [0.05, 0.1) is 19.3 Å². The van der Waals surface area contributed by atoms with E-state index in [1.807, 2.05) is 83.5 Å². The Kier molecular flexibility index (Phi) is 5.71. The maximum atomic E-state index is 13.1. The second-order valence-electron chi connectivity index (χ2n) is 7.60.